The number of fused-ring (bicyclic) bond motifs is 1. The number of carbonyl (C=O) groups is 1. The Balaban J connectivity index is 1.69. The Labute approximate surface area is 185 Å². The third kappa shape index (κ3) is 4.01. The minimum absolute atomic E-state index is 0.260. The number of nitrogens with zero attached hydrogens (tertiary/aromatic N) is 1. The van der Waals surface area contributed by atoms with Gasteiger partial charge in [-0.1, -0.05) is 39.7 Å². The van der Waals surface area contributed by atoms with Gasteiger partial charge < -0.3 is 10.1 Å². The predicted octanol–water partition coefficient (Wildman–Crippen LogP) is 6.95. The van der Waals surface area contributed by atoms with Gasteiger partial charge in [0, 0.05) is 15.7 Å². The molecule has 0 fully saturated rings. The molecule has 0 radical (unpaired) electrons. The van der Waals surface area contributed by atoms with Crippen LogP contribution in [0.1, 0.15) is 15.9 Å². The second-order valence-corrected chi connectivity index (χ2v) is 8.79. The number of methoxy groups -OCH3 is 1. The molecule has 0 saturated carbocycles. The molecule has 29 heavy (non-hydrogen) atoms. The average molecular weight is 488 g/mol. The Morgan fingerprint density at radius 3 is 2.72 bits per heavy atom. The summed E-state index contributed by atoms with van der Waals surface area (Å²) in [6, 6.07) is 17.0. The number of halogens is 2. The maximum Gasteiger partial charge on any atom is 0.259 e. The van der Waals surface area contributed by atoms with E-state index in [2.05, 4.69) is 26.2 Å². The maximum atomic E-state index is 12.9. The van der Waals surface area contributed by atoms with Crippen molar-refractivity contribution in [2.45, 2.75) is 6.92 Å². The third-order valence-corrected chi connectivity index (χ3v) is 6.29. The molecular formula is C22H16BrClN2O2S. The average Bonchev–Trinajstić information content (AvgIpc) is 3.12. The number of para-hydroxylation sites is 1. The van der Waals surface area contributed by atoms with Crippen molar-refractivity contribution in [1.82, 2.24) is 4.98 Å². The number of hydrogen-bond donors (Lipinski definition) is 1. The summed E-state index contributed by atoms with van der Waals surface area (Å²) in [7, 11) is 1.56. The SMILES string of the molecule is COc1c(C)cc(Br)cc1C(=O)Nc1ccc(Cl)c(-c2nc3ccccc3s2)c1. The largest absolute Gasteiger partial charge is 0.496 e. The van der Waals surface area contributed by atoms with Crippen LogP contribution in [-0.4, -0.2) is 18.0 Å². The molecule has 1 N–H and O–H groups in total. The summed E-state index contributed by atoms with van der Waals surface area (Å²) >= 11 is 11.4. The quantitative estimate of drug-likeness (QED) is 0.339. The lowest BCUT2D eigenvalue weighted by atomic mass is 10.1. The van der Waals surface area contributed by atoms with Crippen molar-refractivity contribution in [2.24, 2.45) is 0 Å². The highest BCUT2D eigenvalue weighted by molar-refractivity contribution is 9.10. The number of amides is 1. The van der Waals surface area contributed by atoms with Crippen LogP contribution in [0.4, 0.5) is 5.69 Å². The molecular weight excluding hydrogens is 472 g/mol. The van der Waals surface area contributed by atoms with E-state index in [1.54, 1.807) is 36.6 Å². The fourth-order valence-corrected chi connectivity index (χ4v) is 4.95. The molecule has 0 spiro atoms. The Kier molecular flexibility index (Phi) is 5.58. The van der Waals surface area contributed by atoms with E-state index in [0.29, 0.717) is 22.0 Å². The Morgan fingerprint density at radius 2 is 1.97 bits per heavy atom. The normalized spacial score (nSPS) is 10.9. The maximum absolute atomic E-state index is 12.9. The van der Waals surface area contributed by atoms with Crippen molar-refractivity contribution in [3.05, 3.63) is 75.2 Å². The van der Waals surface area contributed by atoms with Crippen molar-refractivity contribution in [3.8, 4) is 16.3 Å². The van der Waals surface area contributed by atoms with Gasteiger partial charge in [-0.05, 0) is 55.0 Å². The number of hydrogen-bond acceptors (Lipinski definition) is 4. The second kappa shape index (κ2) is 8.14. The first-order valence-corrected chi connectivity index (χ1v) is 10.8. The van der Waals surface area contributed by atoms with Crippen LogP contribution in [0.5, 0.6) is 5.75 Å². The number of carbonyl (C=O) groups excluding carboxylic acids is 1. The smallest absolute Gasteiger partial charge is 0.259 e. The van der Waals surface area contributed by atoms with E-state index in [1.807, 2.05) is 43.3 Å². The van der Waals surface area contributed by atoms with E-state index in [-0.39, 0.29) is 5.91 Å². The molecule has 0 aliphatic rings. The van der Waals surface area contributed by atoms with Crippen molar-refractivity contribution >= 4 is 60.7 Å². The number of nitrogens with one attached hydrogen (secondary N) is 1. The number of thiazole rings is 1. The van der Waals surface area contributed by atoms with Gasteiger partial charge in [-0.2, -0.15) is 0 Å². The zero-order valence-electron chi connectivity index (χ0n) is 15.6. The summed E-state index contributed by atoms with van der Waals surface area (Å²) < 4.78 is 7.32. The summed E-state index contributed by atoms with van der Waals surface area (Å²) in [5, 5.41) is 4.33. The van der Waals surface area contributed by atoms with E-state index in [4.69, 9.17) is 16.3 Å². The minimum Gasteiger partial charge on any atom is -0.496 e. The summed E-state index contributed by atoms with van der Waals surface area (Å²) in [4.78, 5) is 17.6. The van der Waals surface area contributed by atoms with Crippen molar-refractivity contribution < 1.29 is 9.53 Å². The highest BCUT2D eigenvalue weighted by Gasteiger charge is 2.17. The highest BCUT2D eigenvalue weighted by atomic mass is 79.9. The lowest BCUT2D eigenvalue weighted by molar-refractivity contribution is 0.102. The van der Waals surface area contributed by atoms with Crippen LogP contribution >= 0.6 is 38.9 Å². The van der Waals surface area contributed by atoms with Crippen molar-refractivity contribution in [1.29, 1.82) is 0 Å². The molecule has 1 heterocycles. The Bertz CT molecular complexity index is 1210. The molecule has 4 rings (SSSR count). The highest BCUT2D eigenvalue weighted by Crippen LogP contribution is 2.36. The van der Waals surface area contributed by atoms with Crippen LogP contribution in [0, 0.1) is 6.92 Å². The first-order valence-electron chi connectivity index (χ1n) is 8.77. The minimum atomic E-state index is -0.260. The second-order valence-electron chi connectivity index (χ2n) is 6.44. The summed E-state index contributed by atoms with van der Waals surface area (Å²) in [5.74, 6) is 0.287. The van der Waals surface area contributed by atoms with Crippen molar-refractivity contribution in [3.63, 3.8) is 0 Å². The lowest BCUT2D eigenvalue weighted by Gasteiger charge is -2.13. The van der Waals surface area contributed by atoms with Gasteiger partial charge >= 0.3 is 0 Å². The molecule has 3 aromatic carbocycles. The molecule has 146 valence electrons. The molecule has 0 aliphatic heterocycles. The molecule has 1 aromatic heterocycles. The van der Waals surface area contributed by atoms with Gasteiger partial charge in [-0.3, -0.25) is 4.79 Å². The van der Waals surface area contributed by atoms with E-state index >= 15 is 0 Å². The summed E-state index contributed by atoms with van der Waals surface area (Å²) in [5.41, 5.74) is 3.66. The molecule has 1 amide bonds. The number of rotatable bonds is 4. The van der Waals surface area contributed by atoms with Gasteiger partial charge in [0.25, 0.3) is 5.91 Å². The van der Waals surface area contributed by atoms with Gasteiger partial charge in [0.15, 0.2) is 0 Å². The lowest BCUT2D eigenvalue weighted by Crippen LogP contribution is -2.14. The van der Waals surface area contributed by atoms with E-state index in [1.165, 1.54) is 0 Å². The van der Waals surface area contributed by atoms with Gasteiger partial charge in [0.05, 0.1) is 27.9 Å². The number of aryl methyl sites for hydroxylation is 1. The standard InChI is InChI=1S/C22H16BrClN2O2S/c1-12-9-13(23)10-16(20(12)28-2)21(27)25-14-7-8-17(24)15(11-14)22-26-18-5-3-4-6-19(18)29-22/h3-11H,1-2H3,(H,25,27). The molecule has 4 nitrogen and oxygen atoms in total. The third-order valence-electron chi connectivity index (χ3n) is 4.44. The van der Waals surface area contributed by atoms with E-state index < -0.39 is 0 Å². The van der Waals surface area contributed by atoms with Crippen LogP contribution in [0.25, 0.3) is 20.8 Å². The number of aromatic nitrogens is 1. The van der Waals surface area contributed by atoms with Crippen LogP contribution in [0.2, 0.25) is 5.02 Å². The Morgan fingerprint density at radius 1 is 1.17 bits per heavy atom. The topological polar surface area (TPSA) is 51.2 Å². The first-order chi connectivity index (χ1) is 14.0. The molecule has 7 heteroatoms. The van der Waals surface area contributed by atoms with Gasteiger partial charge in [0.1, 0.15) is 10.8 Å². The number of ether oxygens (including phenoxy) is 1. The van der Waals surface area contributed by atoms with Crippen molar-refractivity contribution in [2.75, 3.05) is 12.4 Å². The fourth-order valence-electron chi connectivity index (χ4n) is 3.12. The summed E-state index contributed by atoms with van der Waals surface area (Å²) in [6.45, 7) is 1.90. The number of anilines is 1. The molecule has 0 bridgehead atoms. The fraction of sp³-hybridized carbons (Fsp3) is 0.0909. The zero-order valence-corrected chi connectivity index (χ0v) is 18.8. The Hall–Kier alpha value is -2.41. The monoisotopic (exact) mass is 486 g/mol. The van der Waals surface area contributed by atoms with Crippen LogP contribution in [0.3, 0.4) is 0 Å². The zero-order chi connectivity index (χ0) is 20.5. The predicted molar refractivity (Wildman–Crippen MR) is 123 cm³/mol. The van der Waals surface area contributed by atoms with Gasteiger partial charge in [0.2, 0.25) is 0 Å². The van der Waals surface area contributed by atoms with Crippen LogP contribution in [-0.2, 0) is 0 Å². The van der Waals surface area contributed by atoms with Crippen LogP contribution < -0.4 is 10.1 Å². The molecule has 4 aromatic rings. The first kappa shape index (κ1) is 19.9. The van der Waals surface area contributed by atoms with Gasteiger partial charge in [-0.15, -0.1) is 11.3 Å². The molecule has 0 atom stereocenters. The van der Waals surface area contributed by atoms with Gasteiger partial charge in [-0.25, -0.2) is 4.98 Å². The van der Waals surface area contributed by atoms with E-state index in [9.17, 15) is 4.79 Å². The molecule has 0 unspecified atom stereocenters. The molecule has 0 aliphatic carbocycles. The molecule has 0 saturated heterocycles. The van der Waals surface area contributed by atoms with Crippen LogP contribution in [0.15, 0.2) is 59.1 Å². The van der Waals surface area contributed by atoms with E-state index in [0.717, 1.165) is 30.8 Å². The summed E-state index contributed by atoms with van der Waals surface area (Å²) in [6.07, 6.45) is 0. The number of benzene rings is 3.